The van der Waals surface area contributed by atoms with Crippen molar-refractivity contribution in [3.05, 3.63) is 59.0 Å². The van der Waals surface area contributed by atoms with E-state index < -0.39 is 0 Å². The van der Waals surface area contributed by atoms with E-state index in [9.17, 15) is 9.59 Å². The van der Waals surface area contributed by atoms with Crippen molar-refractivity contribution in [2.75, 3.05) is 23.8 Å². The number of hydrogen-bond acceptors (Lipinski definition) is 7. The molecular formula is C23H25N5O4S. The number of hydrogen-bond donors (Lipinski definition) is 2. The van der Waals surface area contributed by atoms with Crippen LogP contribution in [-0.2, 0) is 22.5 Å². The number of ether oxygens (including phenoxy) is 1. The van der Waals surface area contributed by atoms with Gasteiger partial charge in [0.1, 0.15) is 5.76 Å². The maximum atomic E-state index is 12.7. The monoisotopic (exact) mass is 467 g/mol. The van der Waals surface area contributed by atoms with Gasteiger partial charge in [-0.05, 0) is 38.5 Å². The van der Waals surface area contributed by atoms with E-state index >= 15 is 0 Å². The molecule has 0 saturated heterocycles. The average molecular weight is 468 g/mol. The summed E-state index contributed by atoms with van der Waals surface area (Å²) in [7, 11) is 0. The van der Waals surface area contributed by atoms with Crippen molar-refractivity contribution >= 4 is 45.3 Å². The molecule has 3 aromatic heterocycles. The molecule has 0 aliphatic rings. The smallest absolute Gasteiger partial charge is 0.260 e. The Kier molecular flexibility index (Phi) is 7.16. The molecule has 172 valence electrons. The highest BCUT2D eigenvalue weighted by Gasteiger charge is 2.16. The molecule has 2 N–H and O–H groups in total. The molecule has 9 nitrogen and oxygen atoms in total. The normalized spacial score (nSPS) is 11.1. The van der Waals surface area contributed by atoms with Gasteiger partial charge in [-0.3, -0.25) is 20.2 Å². The van der Waals surface area contributed by atoms with Crippen LogP contribution in [0.4, 0.5) is 11.1 Å². The van der Waals surface area contributed by atoms with E-state index in [1.165, 1.54) is 17.6 Å². The fourth-order valence-corrected chi connectivity index (χ4v) is 4.14. The molecule has 1 aromatic carbocycles. The minimum absolute atomic E-state index is 0.0687. The lowest BCUT2D eigenvalue weighted by Crippen LogP contribution is -2.18. The quantitative estimate of drug-likeness (QED) is 0.337. The van der Waals surface area contributed by atoms with Crippen LogP contribution in [0, 0.1) is 6.92 Å². The number of para-hydroxylation sites is 2. The van der Waals surface area contributed by atoms with Crippen LogP contribution in [-0.4, -0.2) is 39.6 Å². The third-order valence-corrected chi connectivity index (χ3v) is 5.80. The van der Waals surface area contributed by atoms with Crippen molar-refractivity contribution in [3.8, 4) is 0 Å². The number of fused-ring (bicyclic) bond motifs is 1. The summed E-state index contributed by atoms with van der Waals surface area (Å²) in [6, 6.07) is 9.37. The van der Waals surface area contributed by atoms with Gasteiger partial charge in [0.05, 0.1) is 35.0 Å². The maximum Gasteiger partial charge on any atom is 0.260 e. The first-order valence-electron chi connectivity index (χ1n) is 10.7. The molecule has 0 bridgehead atoms. The van der Waals surface area contributed by atoms with E-state index in [1.54, 1.807) is 18.4 Å². The van der Waals surface area contributed by atoms with Gasteiger partial charge < -0.3 is 13.7 Å². The van der Waals surface area contributed by atoms with E-state index in [0.29, 0.717) is 47.9 Å². The summed E-state index contributed by atoms with van der Waals surface area (Å²) in [6.07, 6.45) is 2.34. The second-order valence-corrected chi connectivity index (χ2v) is 8.20. The molecule has 0 fully saturated rings. The van der Waals surface area contributed by atoms with Crippen LogP contribution in [0.15, 0.2) is 46.4 Å². The van der Waals surface area contributed by atoms with Gasteiger partial charge in [0.15, 0.2) is 5.13 Å². The third-order valence-electron chi connectivity index (χ3n) is 5.00. The zero-order valence-electron chi connectivity index (χ0n) is 18.5. The molecule has 2 amide bonds. The van der Waals surface area contributed by atoms with E-state index in [4.69, 9.17) is 9.15 Å². The number of aryl methyl sites for hydroxylation is 2. The fourth-order valence-electron chi connectivity index (χ4n) is 3.43. The van der Waals surface area contributed by atoms with E-state index in [1.807, 2.05) is 35.8 Å². The molecule has 0 saturated carbocycles. The number of thiazole rings is 1. The summed E-state index contributed by atoms with van der Waals surface area (Å²) in [4.78, 5) is 34.0. The van der Waals surface area contributed by atoms with Crippen LogP contribution >= 0.6 is 11.3 Å². The number of rotatable bonds is 10. The van der Waals surface area contributed by atoms with Crippen molar-refractivity contribution in [1.29, 1.82) is 0 Å². The Labute approximate surface area is 194 Å². The Hall–Kier alpha value is -3.50. The topological polar surface area (TPSA) is 111 Å². The first-order valence-corrected chi connectivity index (χ1v) is 11.6. The minimum atomic E-state index is -0.299. The number of benzene rings is 1. The molecule has 0 aliphatic carbocycles. The van der Waals surface area contributed by atoms with Crippen LogP contribution in [0.25, 0.3) is 11.0 Å². The Morgan fingerprint density at radius 2 is 2.03 bits per heavy atom. The summed E-state index contributed by atoms with van der Waals surface area (Å²) in [6.45, 7) is 5.67. The lowest BCUT2D eigenvalue weighted by molar-refractivity contribution is -0.115. The summed E-state index contributed by atoms with van der Waals surface area (Å²) in [5.41, 5.74) is 2.79. The Balaban J connectivity index is 1.41. The highest BCUT2D eigenvalue weighted by atomic mass is 32.1. The molecule has 0 unspecified atom stereocenters. The number of nitrogens with one attached hydrogen (secondary N) is 2. The molecule has 33 heavy (non-hydrogen) atoms. The van der Waals surface area contributed by atoms with Crippen LogP contribution < -0.4 is 10.6 Å². The molecule has 4 rings (SSSR count). The van der Waals surface area contributed by atoms with E-state index in [-0.39, 0.29) is 18.2 Å². The number of furan rings is 1. The second kappa shape index (κ2) is 10.4. The number of amides is 2. The highest BCUT2D eigenvalue weighted by molar-refractivity contribution is 7.14. The standard InChI is InChI=1S/C23H25N5O4S/c1-3-31-11-6-10-28-19-8-5-4-7-18(19)25-22(28)26-20(29)13-16-14-33-23(24-16)27-21(30)17-9-12-32-15(17)2/h4-5,7-9,12,14H,3,6,10-11,13H2,1-2H3,(H,24,27,30)(H,25,26,29). The van der Waals surface area contributed by atoms with Crippen molar-refractivity contribution in [2.24, 2.45) is 0 Å². The molecule has 10 heteroatoms. The van der Waals surface area contributed by atoms with Gasteiger partial charge >= 0.3 is 0 Å². The number of carbonyl (C=O) groups excluding carboxylic acids is 2. The summed E-state index contributed by atoms with van der Waals surface area (Å²) < 4.78 is 12.6. The summed E-state index contributed by atoms with van der Waals surface area (Å²) >= 11 is 1.26. The van der Waals surface area contributed by atoms with Gasteiger partial charge in [0, 0.05) is 25.1 Å². The summed E-state index contributed by atoms with van der Waals surface area (Å²) in [5.74, 6) is 0.502. The van der Waals surface area contributed by atoms with Crippen LogP contribution in [0.3, 0.4) is 0 Å². The Morgan fingerprint density at radius 3 is 2.82 bits per heavy atom. The molecule has 0 radical (unpaired) electrons. The highest BCUT2D eigenvalue weighted by Crippen LogP contribution is 2.21. The predicted molar refractivity (Wildman–Crippen MR) is 127 cm³/mol. The minimum Gasteiger partial charge on any atom is -0.469 e. The number of anilines is 2. The number of nitrogens with zero attached hydrogens (tertiary/aromatic N) is 3. The van der Waals surface area contributed by atoms with Crippen molar-refractivity contribution in [1.82, 2.24) is 14.5 Å². The van der Waals surface area contributed by atoms with Gasteiger partial charge in [-0.1, -0.05) is 12.1 Å². The zero-order chi connectivity index (χ0) is 23.2. The SMILES string of the molecule is CCOCCCn1c(NC(=O)Cc2csc(NC(=O)c3ccoc3C)n2)nc2ccccc21. The Bertz CT molecular complexity index is 1260. The van der Waals surface area contributed by atoms with E-state index in [0.717, 1.165) is 17.5 Å². The van der Waals surface area contributed by atoms with Crippen LogP contribution in [0.5, 0.6) is 0 Å². The summed E-state index contributed by atoms with van der Waals surface area (Å²) in [5, 5.41) is 7.82. The molecule has 4 aromatic rings. The van der Waals surface area contributed by atoms with Gasteiger partial charge in [-0.15, -0.1) is 11.3 Å². The molecule has 3 heterocycles. The fraction of sp³-hybridized carbons (Fsp3) is 0.304. The molecule has 0 spiro atoms. The first kappa shape index (κ1) is 22.7. The van der Waals surface area contributed by atoms with Gasteiger partial charge in [0.2, 0.25) is 11.9 Å². The van der Waals surface area contributed by atoms with Crippen molar-refractivity contribution in [3.63, 3.8) is 0 Å². The third kappa shape index (κ3) is 5.47. The van der Waals surface area contributed by atoms with Gasteiger partial charge in [-0.25, -0.2) is 9.97 Å². The largest absolute Gasteiger partial charge is 0.469 e. The molecule has 0 aliphatic heterocycles. The molecular weight excluding hydrogens is 442 g/mol. The number of imidazole rings is 1. The van der Waals surface area contributed by atoms with Gasteiger partial charge in [-0.2, -0.15) is 0 Å². The van der Waals surface area contributed by atoms with E-state index in [2.05, 4.69) is 20.6 Å². The van der Waals surface area contributed by atoms with Crippen molar-refractivity contribution in [2.45, 2.75) is 33.2 Å². The first-order chi connectivity index (χ1) is 16.0. The van der Waals surface area contributed by atoms with Crippen molar-refractivity contribution < 1.29 is 18.7 Å². The average Bonchev–Trinajstić information content (AvgIpc) is 3.50. The lowest BCUT2D eigenvalue weighted by atomic mass is 10.2. The van der Waals surface area contributed by atoms with Crippen LogP contribution in [0.2, 0.25) is 0 Å². The Morgan fingerprint density at radius 1 is 1.18 bits per heavy atom. The lowest BCUT2D eigenvalue weighted by Gasteiger charge is -2.10. The molecule has 0 atom stereocenters. The second-order valence-electron chi connectivity index (χ2n) is 7.34. The zero-order valence-corrected chi connectivity index (χ0v) is 19.3. The number of carbonyl (C=O) groups is 2. The predicted octanol–water partition coefficient (Wildman–Crippen LogP) is 4.25. The number of aromatic nitrogens is 3. The van der Waals surface area contributed by atoms with Crippen LogP contribution in [0.1, 0.15) is 35.2 Å². The van der Waals surface area contributed by atoms with Gasteiger partial charge in [0.25, 0.3) is 5.91 Å². The maximum absolute atomic E-state index is 12.7.